The van der Waals surface area contributed by atoms with Crippen molar-refractivity contribution < 1.29 is 4.79 Å². The Hall–Kier alpha value is -0.410. The van der Waals surface area contributed by atoms with E-state index >= 15 is 0 Å². The lowest BCUT2D eigenvalue weighted by Gasteiger charge is -2.41. The van der Waals surface area contributed by atoms with Crippen molar-refractivity contribution in [2.24, 2.45) is 11.3 Å². The molecule has 3 aliphatic rings. The van der Waals surface area contributed by atoms with Crippen LogP contribution in [0.1, 0.15) is 46.0 Å². The molecule has 0 amide bonds. The quantitative estimate of drug-likeness (QED) is 0.763. The van der Waals surface area contributed by atoms with E-state index in [1.165, 1.54) is 39.0 Å². The SMILES string of the molecule is CC1(C)CCC(=O)C(CN2CCN3CCCC3C2)C1. The third-order valence-corrected chi connectivity index (χ3v) is 5.45. The molecule has 0 bridgehead atoms. The topological polar surface area (TPSA) is 23.6 Å². The first-order valence-electron chi connectivity index (χ1n) is 8.03. The lowest BCUT2D eigenvalue weighted by molar-refractivity contribution is -0.128. The van der Waals surface area contributed by atoms with Gasteiger partial charge in [0.05, 0.1) is 0 Å². The third-order valence-electron chi connectivity index (χ3n) is 5.45. The molecular weight excluding hydrogens is 236 g/mol. The Balaban J connectivity index is 1.57. The van der Waals surface area contributed by atoms with E-state index in [2.05, 4.69) is 23.6 Å². The molecule has 2 saturated heterocycles. The number of fused-ring (bicyclic) bond motifs is 1. The summed E-state index contributed by atoms with van der Waals surface area (Å²) < 4.78 is 0. The Morgan fingerprint density at radius 3 is 2.95 bits per heavy atom. The number of hydrogen-bond donors (Lipinski definition) is 0. The molecule has 108 valence electrons. The summed E-state index contributed by atoms with van der Waals surface area (Å²) in [4.78, 5) is 17.4. The van der Waals surface area contributed by atoms with Gasteiger partial charge in [-0.25, -0.2) is 0 Å². The Morgan fingerprint density at radius 2 is 2.11 bits per heavy atom. The zero-order chi connectivity index (χ0) is 13.5. The maximum Gasteiger partial charge on any atom is 0.137 e. The third kappa shape index (κ3) is 3.03. The predicted octanol–water partition coefficient (Wildman–Crippen LogP) is 2.16. The molecule has 2 unspecified atom stereocenters. The van der Waals surface area contributed by atoms with Gasteiger partial charge in [0.1, 0.15) is 5.78 Å². The second-order valence-corrected chi connectivity index (χ2v) is 7.62. The van der Waals surface area contributed by atoms with Gasteiger partial charge in [-0.05, 0) is 37.6 Å². The first kappa shape index (κ1) is 13.6. The second kappa shape index (κ2) is 5.17. The standard InChI is InChI=1S/C16H28N2O/c1-16(2)6-5-15(19)13(10-16)11-17-8-9-18-7-3-4-14(18)12-17/h13-14H,3-12H2,1-2H3. The van der Waals surface area contributed by atoms with Gasteiger partial charge in [0.25, 0.3) is 0 Å². The Morgan fingerprint density at radius 1 is 1.26 bits per heavy atom. The van der Waals surface area contributed by atoms with Gasteiger partial charge in [0, 0.05) is 44.6 Å². The van der Waals surface area contributed by atoms with Crippen molar-refractivity contribution >= 4 is 5.78 Å². The van der Waals surface area contributed by atoms with Crippen LogP contribution in [-0.2, 0) is 4.79 Å². The van der Waals surface area contributed by atoms with Gasteiger partial charge >= 0.3 is 0 Å². The van der Waals surface area contributed by atoms with Crippen LogP contribution < -0.4 is 0 Å². The van der Waals surface area contributed by atoms with Crippen LogP contribution in [0.2, 0.25) is 0 Å². The van der Waals surface area contributed by atoms with Crippen LogP contribution in [0.4, 0.5) is 0 Å². The minimum absolute atomic E-state index is 0.303. The molecule has 2 heterocycles. The van der Waals surface area contributed by atoms with Crippen LogP contribution in [0, 0.1) is 11.3 Å². The monoisotopic (exact) mass is 264 g/mol. The number of ketones is 1. The predicted molar refractivity (Wildman–Crippen MR) is 77.2 cm³/mol. The number of hydrogen-bond acceptors (Lipinski definition) is 3. The van der Waals surface area contributed by atoms with Crippen LogP contribution in [-0.4, -0.2) is 54.3 Å². The average molecular weight is 264 g/mol. The maximum absolute atomic E-state index is 12.1. The second-order valence-electron chi connectivity index (χ2n) is 7.62. The molecule has 0 aromatic carbocycles. The molecule has 3 rings (SSSR count). The van der Waals surface area contributed by atoms with Gasteiger partial charge < -0.3 is 0 Å². The fraction of sp³-hybridized carbons (Fsp3) is 0.938. The molecule has 0 aromatic heterocycles. The van der Waals surface area contributed by atoms with E-state index in [0.717, 1.165) is 31.8 Å². The van der Waals surface area contributed by atoms with Crippen molar-refractivity contribution in [2.45, 2.75) is 52.0 Å². The lowest BCUT2D eigenvalue weighted by Crippen LogP contribution is -2.52. The van der Waals surface area contributed by atoms with Crippen molar-refractivity contribution in [1.29, 1.82) is 0 Å². The molecule has 1 aliphatic carbocycles. The number of piperazine rings is 1. The zero-order valence-electron chi connectivity index (χ0n) is 12.5. The molecule has 19 heavy (non-hydrogen) atoms. The number of nitrogens with zero attached hydrogens (tertiary/aromatic N) is 2. The van der Waals surface area contributed by atoms with Gasteiger partial charge in [-0.3, -0.25) is 14.6 Å². The molecule has 2 aliphatic heterocycles. The van der Waals surface area contributed by atoms with Gasteiger partial charge in [-0.2, -0.15) is 0 Å². The molecule has 3 nitrogen and oxygen atoms in total. The van der Waals surface area contributed by atoms with Crippen LogP contribution >= 0.6 is 0 Å². The summed E-state index contributed by atoms with van der Waals surface area (Å²) >= 11 is 0. The largest absolute Gasteiger partial charge is 0.300 e. The van der Waals surface area contributed by atoms with Crippen LogP contribution in [0.3, 0.4) is 0 Å². The summed E-state index contributed by atoms with van der Waals surface area (Å²) in [5, 5.41) is 0. The van der Waals surface area contributed by atoms with Crippen LogP contribution in [0.5, 0.6) is 0 Å². The highest BCUT2D eigenvalue weighted by Gasteiger charge is 2.36. The first-order chi connectivity index (χ1) is 9.03. The van der Waals surface area contributed by atoms with Crippen molar-refractivity contribution in [1.82, 2.24) is 9.80 Å². The van der Waals surface area contributed by atoms with E-state index in [1.807, 2.05) is 0 Å². The zero-order valence-corrected chi connectivity index (χ0v) is 12.5. The molecule has 1 saturated carbocycles. The molecule has 3 fully saturated rings. The average Bonchev–Trinajstić information content (AvgIpc) is 2.81. The highest BCUT2D eigenvalue weighted by atomic mass is 16.1. The normalized spacial score (nSPS) is 36.4. The molecule has 2 atom stereocenters. The van der Waals surface area contributed by atoms with E-state index in [1.54, 1.807) is 0 Å². The Bertz CT molecular complexity index is 353. The van der Waals surface area contributed by atoms with Gasteiger partial charge in [-0.1, -0.05) is 13.8 Å². The van der Waals surface area contributed by atoms with E-state index in [4.69, 9.17) is 0 Å². The summed E-state index contributed by atoms with van der Waals surface area (Å²) in [6.45, 7) is 10.5. The minimum atomic E-state index is 0.303. The van der Waals surface area contributed by atoms with Gasteiger partial charge in [0.15, 0.2) is 0 Å². The molecule has 0 N–H and O–H groups in total. The van der Waals surface area contributed by atoms with Crippen molar-refractivity contribution in [3.05, 3.63) is 0 Å². The molecular formula is C16H28N2O. The number of rotatable bonds is 2. The molecule has 0 spiro atoms. The highest BCUT2D eigenvalue weighted by Crippen LogP contribution is 2.37. The number of carbonyl (C=O) groups is 1. The van der Waals surface area contributed by atoms with E-state index in [9.17, 15) is 4.79 Å². The fourth-order valence-electron chi connectivity index (χ4n) is 4.25. The highest BCUT2D eigenvalue weighted by molar-refractivity contribution is 5.82. The number of Topliss-reactive ketones (excluding diaryl/α,β-unsaturated/α-hetero) is 1. The fourth-order valence-corrected chi connectivity index (χ4v) is 4.25. The lowest BCUT2D eigenvalue weighted by atomic mass is 9.71. The molecule has 3 heteroatoms. The van der Waals surface area contributed by atoms with Crippen LogP contribution in [0.25, 0.3) is 0 Å². The van der Waals surface area contributed by atoms with Gasteiger partial charge in [0.2, 0.25) is 0 Å². The summed E-state index contributed by atoms with van der Waals surface area (Å²) in [5.74, 6) is 0.824. The van der Waals surface area contributed by atoms with E-state index < -0.39 is 0 Å². The van der Waals surface area contributed by atoms with Crippen molar-refractivity contribution in [2.75, 3.05) is 32.7 Å². The number of carbonyl (C=O) groups excluding carboxylic acids is 1. The maximum atomic E-state index is 12.1. The van der Waals surface area contributed by atoms with Crippen LogP contribution in [0.15, 0.2) is 0 Å². The molecule has 0 aromatic rings. The summed E-state index contributed by atoms with van der Waals surface area (Å²) in [5.41, 5.74) is 0.369. The summed E-state index contributed by atoms with van der Waals surface area (Å²) in [6, 6.07) is 0.778. The van der Waals surface area contributed by atoms with E-state index in [-0.39, 0.29) is 0 Å². The van der Waals surface area contributed by atoms with Crippen molar-refractivity contribution in [3.8, 4) is 0 Å². The van der Waals surface area contributed by atoms with E-state index in [0.29, 0.717) is 17.1 Å². The Labute approximate surface area is 117 Å². The first-order valence-corrected chi connectivity index (χ1v) is 8.03. The summed E-state index contributed by atoms with van der Waals surface area (Å²) in [7, 11) is 0. The minimum Gasteiger partial charge on any atom is -0.300 e. The van der Waals surface area contributed by atoms with Crippen molar-refractivity contribution in [3.63, 3.8) is 0 Å². The van der Waals surface area contributed by atoms with Gasteiger partial charge in [-0.15, -0.1) is 0 Å². The smallest absolute Gasteiger partial charge is 0.137 e. The molecule has 0 radical (unpaired) electrons. The Kier molecular flexibility index (Phi) is 3.69. The summed E-state index contributed by atoms with van der Waals surface area (Å²) in [6.07, 6.45) is 5.71.